The molecule has 1 aliphatic heterocycles. The second kappa shape index (κ2) is 12.5. The summed E-state index contributed by atoms with van der Waals surface area (Å²) in [5.41, 5.74) is 4.26. The Bertz CT molecular complexity index is 1210. The number of halogens is 2. The van der Waals surface area contributed by atoms with Gasteiger partial charge in [0, 0.05) is 26.2 Å². The summed E-state index contributed by atoms with van der Waals surface area (Å²) < 4.78 is 27.3. The van der Waals surface area contributed by atoms with Crippen LogP contribution in [0.2, 0.25) is 0 Å². The van der Waals surface area contributed by atoms with Gasteiger partial charge in [0.25, 0.3) is 0 Å². The summed E-state index contributed by atoms with van der Waals surface area (Å²) in [6.07, 6.45) is 1.05. The van der Waals surface area contributed by atoms with E-state index in [9.17, 15) is 13.6 Å². The topological polar surface area (TPSA) is 23.6 Å². The number of carbonyl (C=O) groups excluding carboxylic acids is 1. The van der Waals surface area contributed by atoms with Crippen LogP contribution in [0.3, 0.4) is 0 Å². The van der Waals surface area contributed by atoms with Crippen molar-refractivity contribution >= 4 is 18.0 Å². The van der Waals surface area contributed by atoms with Gasteiger partial charge in [0.15, 0.2) is 0 Å². The number of aldehydes is 1. The van der Waals surface area contributed by atoms with Gasteiger partial charge in [0.2, 0.25) is 0 Å². The Morgan fingerprint density at radius 1 is 0.579 bits per heavy atom. The molecule has 1 fully saturated rings. The molecule has 0 radical (unpaired) electrons. The summed E-state index contributed by atoms with van der Waals surface area (Å²) in [5, 5.41) is -0.255. The van der Waals surface area contributed by atoms with Crippen molar-refractivity contribution in [1.82, 2.24) is 9.80 Å². The zero-order valence-corrected chi connectivity index (χ0v) is 21.8. The fourth-order valence-corrected chi connectivity index (χ4v) is 6.46. The van der Waals surface area contributed by atoms with Crippen molar-refractivity contribution < 1.29 is 13.6 Å². The highest BCUT2D eigenvalue weighted by Crippen LogP contribution is 2.39. The normalized spacial score (nSPS) is 15.6. The molecule has 0 bridgehead atoms. The van der Waals surface area contributed by atoms with Gasteiger partial charge in [-0.1, -0.05) is 84.9 Å². The van der Waals surface area contributed by atoms with Gasteiger partial charge in [-0.05, 0) is 46.5 Å². The molecule has 1 heterocycles. The molecular formula is C32H30F2N2OS. The van der Waals surface area contributed by atoms with Crippen molar-refractivity contribution in [3.05, 3.63) is 143 Å². The highest BCUT2D eigenvalue weighted by atomic mass is 32.2. The molecule has 0 spiro atoms. The van der Waals surface area contributed by atoms with E-state index in [1.54, 1.807) is 36.0 Å². The maximum Gasteiger partial charge on any atom is 0.147 e. The van der Waals surface area contributed by atoms with Gasteiger partial charge in [-0.15, -0.1) is 11.8 Å². The SMILES string of the molecule is O=CC(SC(c1ccccc1)c1ccccc1)N1CCN(C(c2ccc(F)cc2)c2ccc(F)cc2)CC1. The molecule has 0 aromatic heterocycles. The van der Waals surface area contributed by atoms with Gasteiger partial charge < -0.3 is 4.79 Å². The van der Waals surface area contributed by atoms with Crippen LogP contribution in [0, 0.1) is 11.6 Å². The van der Waals surface area contributed by atoms with E-state index >= 15 is 0 Å². The lowest BCUT2D eigenvalue weighted by Gasteiger charge is -2.41. The second-order valence-corrected chi connectivity index (χ2v) is 10.7. The molecule has 38 heavy (non-hydrogen) atoms. The molecule has 6 heteroatoms. The van der Waals surface area contributed by atoms with Crippen molar-refractivity contribution in [2.75, 3.05) is 26.2 Å². The van der Waals surface area contributed by atoms with Crippen LogP contribution < -0.4 is 0 Å². The molecule has 0 aliphatic carbocycles. The predicted octanol–water partition coefficient (Wildman–Crippen LogP) is 6.72. The molecular weight excluding hydrogens is 498 g/mol. The van der Waals surface area contributed by atoms with E-state index in [-0.39, 0.29) is 28.3 Å². The van der Waals surface area contributed by atoms with E-state index < -0.39 is 0 Å². The fourth-order valence-electron chi connectivity index (χ4n) is 5.10. The first kappa shape index (κ1) is 26.3. The van der Waals surface area contributed by atoms with Crippen molar-refractivity contribution in [1.29, 1.82) is 0 Å². The highest BCUT2D eigenvalue weighted by molar-refractivity contribution is 8.00. The quantitative estimate of drug-likeness (QED) is 0.225. The lowest BCUT2D eigenvalue weighted by atomic mass is 9.96. The molecule has 0 amide bonds. The largest absolute Gasteiger partial charge is 0.301 e. The Balaban J connectivity index is 1.33. The number of hydrogen-bond acceptors (Lipinski definition) is 4. The van der Waals surface area contributed by atoms with Crippen molar-refractivity contribution in [2.45, 2.75) is 16.7 Å². The third-order valence-electron chi connectivity index (χ3n) is 7.04. The summed E-state index contributed by atoms with van der Waals surface area (Å²) in [6, 6.07) is 33.5. The van der Waals surface area contributed by atoms with E-state index in [2.05, 4.69) is 34.1 Å². The first-order chi connectivity index (χ1) is 18.6. The standard InChI is InChI=1S/C32H30F2N2OS/c33-28-15-11-24(12-16-28)31(25-13-17-29(34)18-14-25)36-21-19-35(20-22-36)30(23-37)38-32(26-7-3-1-4-8-26)27-9-5-2-6-10-27/h1-18,23,30-32H,19-22H2. The van der Waals surface area contributed by atoms with E-state index in [0.29, 0.717) is 13.1 Å². The van der Waals surface area contributed by atoms with Crippen molar-refractivity contribution in [3.8, 4) is 0 Å². The van der Waals surface area contributed by atoms with Crippen LogP contribution >= 0.6 is 11.8 Å². The van der Waals surface area contributed by atoms with Crippen molar-refractivity contribution in [3.63, 3.8) is 0 Å². The molecule has 0 N–H and O–H groups in total. The predicted molar refractivity (Wildman–Crippen MR) is 150 cm³/mol. The van der Waals surface area contributed by atoms with Crippen LogP contribution in [0.25, 0.3) is 0 Å². The molecule has 1 unspecified atom stereocenters. The summed E-state index contributed by atoms with van der Waals surface area (Å²) in [7, 11) is 0. The Labute approximate surface area is 227 Å². The van der Waals surface area contributed by atoms with Crippen LogP contribution in [0.15, 0.2) is 109 Å². The molecule has 194 valence electrons. The zero-order chi connectivity index (χ0) is 26.3. The zero-order valence-electron chi connectivity index (χ0n) is 21.0. The van der Waals surface area contributed by atoms with E-state index in [4.69, 9.17) is 0 Å². The van der Waals surface area contributed by atoms with Crippen LogP contribution in [0.1, 0.15) is 33.5 Å². The Morgan fingerprint density at radius 2 is 1.00 bits per heavy atom. The average molecular weight is 529 g/mol. The minimum atomic E-state index is -0.294. The number of carbonyl (C=O) groups is 1. The average Bonchev–Trinajstić information content (AvgIpc) is 2.97. The fraction of sp³-hybridized carbons (Fsp3) is 0.219. The van der Waals surface area contributed by atoms with E-state index in [1.165, 1.54) is 35.4 Å². The maximum atomic E-state index is 13.7. The first-order valence-corrected chi connectivity index (χ1v) is 13.8. The number of nitrogens with zero attached hydrogens (tertiary/aromatic N) is 2. The Kier molecular flexibility index (Phi) is 8.64. The van der Waals surface area contributed by atoms with Crippen LogP contribution in [-0.2, 0) is 4.79 Å². The third-order valence-corrected chi connectivity index (χ3v) is 8.55. The number of hydrogen-bond donors (Lipinski definition) is 0. The van der Waals surface area contributed by atoms with Gasteiger partial charge in [0.05, 0.1) is 11.3 Å². The van der Waals surface area contributed by atoms with Crippen LogP contribution in [-0.4, -0.2) is 47.6 Å². The van der Waals surface area contributed by atoms with Gasteiger partial charge in [-0.25, -0.2) is 8.78 Å². The van der Waals surface area contributed by atoms with Gasteiger partial charge in [-0.3, -0.25) is 9.80 Å². The van der Waals surface area contributed by atoms with Crippen LogP contribution in [0.5, 0.6) is 0 Å². The van der Waals surface area contributed by atoms with Gasteiger partial charge in [0.1, 0.15) is 23.3 Å². The highest BCUT2D eigenvalue weighted by Gasteiger charge is 2.31. The number of thioether (sulfide) groups is 1. The first-order valence-electron chi connectivity index (χ1n) is 12.8. The number of benzene rings is 4. The lowest BCUT2D eigenvalue weighted by Crippen LogP contribution is -2.51. The second-order valence-electron chi connectivity index (χ2n) is 9.44. The van der Waals surface area contributed by atoms with E-state index in [1.807, 2.05) is 36.4 Å². The Morgan fingerprint density at radius 3 is 1.42 bits per heavy atom. The molecule has 3 nitrogen and oxygen atoms in total. The molecule has 0 saturated carbocycles. The smallest absolute Gasteiger partial charge is 0.147 e. The minimum Gasteiger partial charge on any atom is -0.301 e. The number of rotatable bonds is 9. The molecule has 4 aromatic rings. The summed E-state index contributed by atoms with van der Waals surface area (Å²) in [5.74, 6) is -0.567. The molecule has 1 aliphatic rings. The van der Waals surface area contributed by atoms with E-state index in [0.717, 1.165) is 30.5 Å². The maximum absolute atomic E-state index is 13.7. The lowest BCUT2D eigenvalue weighted by molar-refractivity contribution is -0.110. The molecule has 1 saturated heterocycles. The summed E-state index contributed by atoms with van der Waals surface area (Å²) >= 11 is 1.66. The third kappa shape index (κ3) is 6.21. The number of piperazine rings is 1. The van der Waals surface area contributed by atoms with Gasteiger partial charge in [-0.2, -0.15) is 0 Å². The molecule has 1 atom stereocenters. The summed E-state index contributed by atoms with van der Waals surface area (Å²) in [6.45, 7) is 2.88. The molecule has 5 rings (SSSR count). The summed E-state index contributed by atoms with van der Waals surface area (Å²) in [4.78, 5) is 16.9. The van der Waals surface area contributed by atoms with Crippen molar-refractivity contribution in [2.24, 2.45) is 0 Å². The van der Waals surface area contributed by atoms with Crippen LogP contribution in [0.4, 0.5) is 8.78 Å². The minimum absolute atomic E-state index is 0.0387. The molecule has 4 aromatic carbocycles. The van der Waals surface area contributed by atoms with Gasteiger partial charge >= 0.3 is 0 Å². The Hall–Kier alpha value is -3.32. The monoisotopic (exact) mass is 528 g/mol.